The van der Waals surface area contributed by atoms with Crippen molar-refractivity contribution in [3.8, 4) is 5.75 Å². The Labute approximate surface area is 251 Å². The quantitative estimate of drug-likeness (QED) is 0.219. The SMILES string of the molecule is CCOC(=O)C1=C(c2ccccc2)N=c2s/c(=C\c3ccccc3OCc3ccc(F)cc3)c(=O)n2[C@H]1c1ccccc1. The zero-order chi connectivity index (χ0) is 29.8. The van der Waals surface area contributed by atoms with Crippen molar-refractivity contribution in [2.75, 3.05) is 6.61 Å². The lowest BCUT2D eigenvalue weighted by Crippen LogP contribution is -2.40. The molecule has 1 atom stereocenters. The summed E-state index contributed by atoms with van der Waals surface area (Å²) >= 11 is 1.25. The second kappa shape index (κ2) is 12.4. The molecule has 0 bridgehead atoms. The van der Waals surface area contributed by atoms with Crippen LogP contribution in [-0.2, 0) is 16.1 Å². The van der Waals surface area contributed by atoms with Gasteiger partial charge in [0.1, 0.15) is 18.2 Å². The third kappa shape index (κ3) is 5.82. The van der Waals surface area contributed by atoms with Crippen molar-refractivity contribution < 1.29 is 18.7 Å². The first kappa shape index (κ1) is 28.1. The van der Waals surface area contributed by atoms with Crippen molar-refractivity contribution in [2.24, 2.45) is 4.99 Å². The van der Waals surface area contributed by atoms with Gasteiger partial charge in [-0.05, 0) is 42.3 Å². The fraction of sp³-hybridized carbons (Fsp3) is 0.114. The van der Waals surface area contributed by atoms with Gasteiger partial charge in [0.2, 0.25) is 0 Å². The van der Waals surface area contributed by atoms with Gasteiger partial charge in [0.25, 0.3) is 5.56 Å². The zero-order valence-electron chi connectivity index (χ0n) is 23.3. The lowest BCUT2D eigenvalue weighted by Gasteiger charge is -2.25. The number of ether oxygens (including phenoxy) is 2. The van der Waals surface area contributed by atoms with E-state index in [0.717, 1.165) is 16.7 Å². The standard InChI is InChI=1S/C35H27FN2O4S/c1-2-41-34(40)30-31(24-11-5-3-6-12-24)37-35-38(32(30)25-13-7-4-8-14-25)33(39)29(43-35)21-26-15-9-10-16-28(26)42-22-23-17-19-27(36)20-18-23/h3-21,32H,2,22H2,1H3/b29-21-/t32-/m0/s1. The molecule has 0 fully saturated rings. The molecule has 5 aromatic rings. The highest BCUT2D eigenvalue weighted by Gasteiger charge is 2.35. The van der Waals surface area contributed by atoms with Crippen LogP contribution in [-0.4, -0.2) is 17.1 Å². The van der Waals surface area contributed by atoms with Gasteiger partial charge in [0.15, 0.2) is 4.80 Å². The second-order valence-electron chi connectivity index (χ2n) is 9.80. The van der Waals surface area contributed by atoms with E-state index in [-0.39, 0.29) is 24.6 Å². The van der Waals surface area contributed by atoms with Gasteiger partial charge < -0.3 is 9.47 Å². The third-order valence-corrected chi connectivity index (χ3v) is 7.99. The van der Waals surface area contributed by atoms with Crippen LogP contribution in [0.5, 0.6) is 5.75 Å². The molecule has 0 radical (unpaired) electrons. The highest BCUT2D eigenvalue weighted by Crippen LogP contribution is 2.35. The number of para-hydroxylation sites is 1. The van der Waals surface area contributed by atoms with E-state index in [1.165, 1.54) is 23.5 Å². The topological polar surface area (TPSA) is 69.9 Å². The smallest absolute Gasteiger partial charge is 0.338 e. The van der Waals surface area contributed by atoms with Gasteiger partial charge in [-0.3, -0.25) is 9.36 Å². The van der Waals surface area contributed by atoms with Gasteiger partial charge in [0.05, 0.1) is 28.5 Å². The number of rotatable bonds is 8. The molecule has 1 aliphatic rings. The summed E-state index contributed by atoms with van der Waals surface area (Å²) in [6.45, 7) is 2.18. The highest BCUT2D eigenvalue weighted by atomic mass is 32.1. The predicted molar refractivity (Wildman–Crippen MR) is 165 cm³/mol. The van der Waals surface area contributed by atoms with Gasteiger partial charge >= 0.3 is 5.97 Å². The van der Waals surface area contributed by atoms with Gasteiger partial charge in [-0.25, -0.2) is 14.2 Å². The van der Waals surface area contributed by atoms with E-state index in [2.05, 4.69) is 0 Å². The predicted octanol–water partition coefficient (Wildman–Crippen LogP) is 5.65. The monoisotopic (exact) mass is 590 g/mol. The number of carbonyl (C=O) groups is 1. The minimum Gasteiger partial charge on any atom is -0.488 e. The summed E-state index contributed by atoms with van der Waals surface area (Å²) in [7, 11) is 0. The van der Waals surface area contributed by atoms with Crippen molar-refractivity contribution in [2.45, 2.75) is 19.6 Å². The molecule has 0 spiro atoms. The maximum Gasteiger partial charge on any atom is 0.338 e. The number of nitrogens with zero attached hydrogens (tertiary/aromatic N) is 2. The van der Waals surface area contributed by atoms with Gasteiger partial charge in [-0.1, -0.05) is 102 Å². The number of benzene rings is 4. The van der Waals surface area contributed by atoms with Crippen molar-refractivity contribution in [1.29, 1.82) is 0 Å². The Kier molecular flexibility index (Phi) is 8.11. The summed E-state index contributed by atoms with van der Waals surface area (Å²) in [5.74, 6) is -0.253. The normalized spacial score (nSPS) is 14.7. The molecule has 214 valence electrons. The summed E-state index contributed by atoms with van der Waals surface area (Å²) in [5, 5.41) is 0. The van der Waals surface area contributed by atoms with Crippen LogP contribution in [0.1, 0.15) is 35.2 Å². The summed E-state index contributed by atoms with van der Waals surface area (Å²) in [5.41, 5.74) is 3.55. The molecule has 1 aliphatic heterocycles. The van der Waals surface area contributed by atoms with E-state index in [9.17, 15) is 14.0 Å². The summed E-state index contributed by atoms with van der Waals surface area (Å²) < 4.78 is 26.9. The minimum absolute atomic E-state index is 0.186. The minimum atomic E-state index is -0.737. The molecule has 6 nitrogen and oxygen atoms in total. The van der Waals surface area contributed by atoms with E-state index in [1.54, 1.807) is 29.7 Å². The van der Waals surface area contributed by atoms with Crippen LogP contribution < -0.4 is 19.6 Å². The number of thiazole rings is 1. The highest BCUT2D eigenvalue weighted by molar-refractivity contribution is 7.07. The second-order valence-corrected chi connectivity index (χ2v) is 10.8. The average Bonchev–Trinajstić information content (AvgIpc) is 3.35. The van der Waals surface area contributed by atoms with Crippen LogP contribution >= 0.6 is 11.3 Å². The lowest BCUT2D eigenvalue weighted by atomic mass is 9.93. The molecule has 0 saturated heterocycles. The van der Waals surface area contributed by atoms with Crippen molar-refractivity contribution >= 4 is 29.1 Å². The van der Waals surface area contributed by atoms with Crippen LogP contribution in [0.25, 0.3) is 11.8 Å². The van der Waals surface area contributed by atoms with Crippen LogP contribution in [0.15, 0.2) is 125 Å². The van der Waals surface area contributed by atoms with E-state index >= 15 is 0 Å². The molecule has 43 heavy (non-hydrogen) atoms. The first-order valence-electron chi connectivity index (χ1n) is 13.8. The molecule has 4 aromatic carbocycles. The van der Waals surface area contributed by atoms with E-state index in [4.69, 9.17) is 14.5 Å². The Morgan fingerprint density at radius 3 is 2.33 bits per heavy atom. The number of aromatic nitrogens is 1. The Bertz CT molecular complexity index is 1980. The zero-order valence-corrected chi connectivity index (χ0v) is 24.1. The molecule has 0 unspecified atom stereocenters. The van der Waals surface area contributed by atoms with Crippen molar-refractivity contribution in [3.63, 3.8) is 0 Å². The van der Waals surface area contributed by atoms with Gasteiger partial charge in [-0.15, -0.1) is 0 Å². The first-order chi connectivity index (χ1) is 21.0. The molecular formula is C35H27FN2O4S. The first-order valence-corrected chi connectivity index (χ1v) is 14.6. The van der Waals surface area contributed by atoms with E-state index in [0.29, 0.717) is 31.9 Å². The Morgan fingerprint density at radius 2 is 1.60 bits per heavy atom. The number of esters is 1. The lowest BCUT2D eigenvalue weighted by molar-refractivity contribution is -0.138. The van der Waals surface area contributed by atoms with E-state index in [1.807, 2.05) is 84.9 Å². The van der Waals surface area contributed by atoms with Gasteiger partial charge in [-0.2, -0.15) is 0 Å². The maximum absolute atomic E-state index is 14.1. The molecule has 2 heterocycles. The molecule has 0 saturated carbocycles. The molecule has 6 rings (SSSR count). The summed E-state index contributed by atoms with van der Waals surface area (Å²) in [4.78, 5) is 33.0. The molecule has 8 heteroatoms. The molecule has 1 aromatic heterocycles. The summed E-state index contributed by atoms with van der Waals surface area (Å²) in [6.07, 6.45) is 1.78. The number of halogens is 1. The van der Waals surface area contributed by atoms with Crippen LogP contribution in [0.4, 0.5) is 4.39 Å². The summed E-state index contributed by atoms with van der Waals surface area (Å²) in [6, 6.07) is 31.7. The largest absolute Gasteiger partial charge is 0.488 e. The van der Waals surface area contributed by atoms with Gasteiger partial charge in [0, 0.05) is 11.1 Å². The van der Waals surface area contributed by atoms with Crippen molar-refractivity contribution in [1.82, 2.24) is 4.57 Å². The number of hydrogen-bond donors (Lipinski definition) is 0. The molecular weight excluding hydrogens is 563 g/mol. The van der Waals surface area contributed by atoms with Crippen molar-refractivity contribution in [3.05, 3.63) is 163 Å². The third-order valence-electron chi connectivity index (χ3n) is 7.00. The average molecular weight is 591 g/mol. The van der Waals surface area contributed by atoms with Crippen LogP contribution in [0, 0.1) is 5.82 Å². The number of carbonyl (C=O) groups excluding carboxylic acids is 1. The van der Waals surface area contributed by atoms with Crippen LogP contribution in [0.2, 0.25) is 0 Å². The Balaban J connectivity index is 1.51. The fourth-order valence-corrected chi connectivity index (χ4v) is 6.00. The fourth-order valence-electron chi connectivity index (χ4n) is 5.01. The molecule has 0 aliphatic carbocycles. The van der Waals surface area contributed by atoms with E-state index < -0.39 is 12.0 Å². The van der Waals surface area contributed by atoms with Crippen LogP contribution in [0.3, 0.4) is 0 Å². The maximum atomic E-state index is 14.1. The molecule has 0 amide bonds. The molecule has 0 N–H and O–H groups in total. The number of hydrogen-bond acceptors (Lipinski definition) is 6. The Morgan fingerprint density at radius 1 is 0.930 bits per heavy atom. The Hall–Kier alpha value is -5.08. The number of fused-ring (bicyclic) bond motifs is 1.